The SMILES string of the molecule is O=C(NC(Cc1ccc(OC(F)(F)F)cc1)C(O)NCCCO)c1ccc(OCCC(F)(F)F)cc1. The van der Waals surface area contributed by atoms with Gasteiger partial charge in [-0.25, -0.2) is 0 Å². The van der Waals surface area contributed by atoms with Crippen LogP contribution in [0.2, 0.25) is 0 Å². The molecule has 2 rings (SSSR count). The molecule has 0 saturated carbocycles. The second-order valence-corrected chi connectivity index (χ2v) is 7.69. The van der Waals surface area contributed by atoms with Crippen molar-refractivity contribution in [3.8, 4) is 11.5 Å². The van der Waals surface area contributed by atoms with Crippen molar-refractivity contribution in [2.24, 2.45) is 0 Å². The number of carbonyl (C=O) groups excluding carboxylic acids is 1. The molecule has 0 fully saturated rings. The van der Waals surface area contributed by atoms with Crippen molar-refractivity contribution < 1.29 is 50.8 Å². The zero-order valence-corrected chi connectivity index (χ0v) is 18.9. The summed E-state index contributed by atoms with van der Waals surface area (Å²) in [6.45, 7) is -0.475. The van der Waals surface area contributed by atoms with Gasteiger partial charge in [-0.05, 0) is 61.3 Å². The summed E-state index contributed by atoms with van der Waals surface area (Å²) in [5.41, 5.74) is 0.630. The highest BCUT2D eigenvalue weighted by Crippen LogP contribution is 2.23. The smallest absolute Gasteiger partial charge is 0.493 e. The number of aliphatic hydroxyl groups excluding tert-OH is 2. The molecule has 200 valence electrons. The maximum atomic E-state index is 12.7. The maximum absolute atomic E-state index is 12.7. The third-order valence-electron chi connectivity index (χ3n) is 4.77. The number of alkyl halides is 6. The predicted octanol–water partition coefficient (Wildman–Crippen LogP) is 3.55. The van der Waals surface area contributed by atoms with Crippen LogP contribution in [0.4, 0.5) is 26.3 Å². The summed E-state index contributed by atoms with van der Waals surface area (Å²) in [5.74, 6) is -0.896. The molecule has 0 aliphatic rings. The average Bonchev–Trinajstić information content (AvgIpc) is 2.78. The van der Waals surface area contributed by atoms with E-state index in [-0.39, 0.29) is 30.9 Å². The van der Waals surface area contributed by atoms with Crippen LogP contribution < -0.4 is 20.1 Å². The van der Waals surface area contributed by atoms with Gasteiger partial charge in [0, 0.05) is 12.2 Å². The Morgan fingerprint density at radius 2 is 1.56 bits per heavy atom. The molecule has 2 aromatic carbocycles. The predicted molar refractivity (Wildman–Crippen MR) is 116 cm³/mol. The summed E-state index contributed by atoms with van der Waals surface area (Å²) in [6.07, 6.45) is -11.2. The summed E-state index contributed by atoms with van der Waals surface area (Å²) >= 11 is 0. The molecule has 0 radical (unpaired) electrons. The van der Waals surface area contributed by atoms with Crippen LogP contribution in [0.5, 0.6) is 11.5 Å². The van der Waals surface area contributed by atoms with Gasteiger partial charge in [0.2, 0.25) is 0 Å². The largest absolute Gasteiger partial charge is 0.573 e. The van der Waals surface area contributed by atoms with Crippen LogP contribution in [0.3, 0.4) is 0 Å². The summed E-state index contributed by atoms with van der Waals surface area (Å²) in [7, 11) is 0. The van der Waals surface area contributed by atoms with Crippen molar-refractivity contribution in [1.29, 1.82) is 0 Å². The molecule has 13 heteroatoms. The zero-order valence-electron chi connectivity index (χ0n) is 18.9. The minimum Gasteiger partial charge on any atom is -0.493 e. The topological polar surface area (TPSA) is 100 Å². The first-order valence-electron chi connectivity index (χ1n) is 10.8. The average molecular weight is 524 g/mol. The first-order valence-corrected chi connectivity index (χ1v) is 10.8. The third-order valence-corrected chi connectivity index (χ3v) is 4.77. The van der Waals surface area contributed by atoms with Gasteiger partial charge in [-0.1, -0.05) is 12.1 Å². The van der Waals surface area contributed by atoms with Crippen molar-refractivity contribution in [3.63, 3.8) is 0 Å². The number of amides is 1. The Bertz CT molecular complexity index is 936. The molecule has 0 aromatic heterocycles. The van der Waals surface area contributed by atoms with Crippen molar-refractivity contribution in [1.82, 2.24) is 10.6 Å². The van der Waals surface area contributed by atoms with Crippen molar-refractivity contribution in [2.75, 3.05) is 19.8 Å². The standard InChI is InChI=1S/C23H26F6N2O5/c24-22(25,26)10-13-35-17-8-4-16(5-9-17)20(33)31-19(21(34)30-11-1-12-32)14-15-2-6-18(7-3-15)36-23(27,28)29/h2-9,19,21,30,32,34H,1,10-14H2,(H,31,33). The van der Waals surface area contributed by atoms with Crippen LogP contribution in [0.1, 0.15) is 28.8 Å². The number of carbonyl (C=O) groups is 1. The fourth-order valence-corrected chi connectivity index (χ4v) is 3.03. The van der Waals surface area contributed by atoms with Crippen LogP contribution in [0, 0.1) is 0 Å². The van der Waals surface area contributed by atoms with Gasteiger partial charge in [0.15, 0.2) is 0 Å². The van der Waals surface area contributed by atoms with Gasteiger partial charge in [0.1, 0.15) is 17.7 Å². The van der Waals surface area contributed by atoms with E-state index in [0.29, 0.717) is 12.0 Å². The van der Waals surface area contributed by atoms with Crippen LogP contribution >= 0.6 is 0 Å². The van der Waals surface area contributed by atoms with Crippen LogP contribution in [0.15, 0.2) is 48.5 Å². The molecule has 4 N–H and O–H groups in total. The second-order valence-electron chi connectivity index (χ2n) is 7.69. The summed E-state index contributed by atoms with van der Waals surface area (Å²) < 4.78 is 82.6. The Morgan fingerprint density at radius 1 is 0.944 bits per heavy atom. The summed E-state index contributed by atoms with van der Waals surface area (Å²) in [5, 5.41) is 24.8. The minimum atomic E-state index is -4.84. The minimum absolute atomic E-state index is 0.0317. The van der Waals surface area contributed by atoms with Crippen molar-refractivity contribution in [2.45, 2.75) is 44.1 Å². The van der Waals surface area contributed by atoms with Crippen molar-refractivity contribution >= 4 is 5.91 Å². The third kappa shape index (κ3) is 11.1. The van der Waals surface area contributed by atoms with E-state index in [1.54, 1.807) is 0 Å². The monoisotopic (exact) mass is 524 g/mol. The number of ether oxygens (including phenoxy) is 2. The Balaban J connectivity index is 2.05. The second kappa shape index (κ2) is 13.3. The number of nitrogens with one attached hydrogen (secondary N) is 2. The van der Waals surface area contributed by atoms with E-state index in [0.717, 1.165) is 12.1 Å². The van der Waals surface area contributed by atoms with E-state index >= 15 is 0 Å². The molecular formula is C23H26F6N2O5. The van der Waals surface area contributed by atoms with Crippen molar-refractivity contribution in [3.05, 3.63) is 59.7 Å². The first kappa shape index (κ1) is 29.2. The van der Waals surface area contributed by atoms with Crippen LogP contribution in [-0.2, 0) is 6.42 Å². The molecule has 2 aromatic rings. The zero-order chi connectivity index (χ0) is 26.8. The lowest BCUT2D eigenvalue weighted by Crippen LogP contribution is -2.51. The molecule has 0 heterocycles. The Labute approximate surface area is 203 Å². The molecule has 36 heavy (non-hydrogen) atoms. The quantitative estimate of drug-likeness (QED) is 0.182. The number of aliphatic hydroxyl groups is 2. The van der Waals surface area contributed by atoms with Gasteiger partial charge in [0.25, 0.3) is 5.91 Å². The van der Waals surface area contributed by atoms with Crippen LogP contribution in [-0.4, -0.2) is 60.7 Å². The molecule has 1 amide bonds. The fourth-order valence-electron chi connectivity index (χ4n) is 3.03. The number of benzene rings is 2. The lowest BCUT2D eigenvalue weighted by Gasteiger charge is -2.25. The molecule has 0 aliphatic heterocycles. The van der Waals surface area contributed by atoms with E-state index in [9.17, 15) is 36.2 Å². The Morgan fingerprint density at radius 3 is 2.11 bits per heavy atom. The first-order chi connectivity index (χ1) is 16.9. The highest BCUT2D eigenvalue weighted by molar-refractivity contribution is 5.94. The molecule has 2 unspecified atom stereocenters. The lowest BCUT2D eigenvalue weighted by atomic mass is 10.0. The molecular weight excluding hydrogens is 498 g/mol. The number of rotatable bonds is 13. The van der Waals surface area contributed by atoms with Gasteiger partial charge in [0.05, 0.1) is 19.1 Å². The van der Waals surface area contributed by atoms with E-state index in [4.69, 9.17) is 9.84 Å². The molecule has 0 saturated heterocycles. The van der Waals surface area contributed by atoms with E-state index in [1.807, 2.05) is 0 Å². The molecule has 0 aliphatic carbocycles. The van der Waals surface area contributed by atoms with E-state index < -0.39 is 49.5 Å². The van der Waals surface area contributed by atoms with E-state index in [2.05, 4.69) is 15.4 Å². The van der Waals surface area contributed by atoms with E-state index in [1.165, 1.54) is 36.4 Å². The number of hydrogen-bond donors (Lipinski definition) is 4. The van der Waals surface area contributed by atoms with Gasteiger partial charge in [-0.15, -0.1) is 13.2 Å². The van der Waals surface area contributed by atoms with Gasteiger partial charge < -0.3 is 25.0 Å². The highest BCUT2D eigenvalue weighted by atomic mass is 19.4. The van der Waals surface area contributed by atoms with Gasteiger partial charge in [-0.3, -0.25) is 10.1 Å². The van der Waals surface area contributed by atoms with Gasteiger partial charge >= 0.3 is 12.5 Å². The lowest BCUT2D eigenvalue weighted by molar-refractivity contribution is -0.274. The summed E-state index contributed by atoms with van der Waals surface area (Å²) in [6, 6.07) is 9.32. The molecule has 2 atom stereocenters. The molecule has 7 nitrogen and oxygen atoms in total. The maximum Gasteiger partial charge on any atom is 0.573 e. The highest BCUT2D eigenvalue weighted by Gasteiger charge is 2.31. The van der Waals surface area contributed by atoms with Gasteiger partial charge in [-0.2, -0.15) is 13.2 Å². The number of halogens is 6. The van der Waals surface area contributed by atoms with Crippen LogP contribution in [0.25, 0.3) is 0 Å². The molecule has 0 spiro atoms. The fraction of sp³-hybridized carbons (Fsp3) is 0.435. The normalized spacial score (nSPS) is 13.7. The molecule has 0 bridgehead atoms. The Kier molecular flexibility index (Phi) is 10.8. The number of hydrogen-bond acceptors (Lipinski definition) is 6. The summed E-state index contributed by atoms with van der Waals surface area (Å²) in [4.78, 5) is 12.7. The Hall–Kier alpha value is -3.03.